The molecule has 22 heavy (non-hydrogen) atoms. The molecule has 5 rings (SSSR count). The molecule has 0 N–H and O–H groups in total. The summed E-state index contributed by atoms with van der Waals surface area (Å²) in [5.74, 6) is 0. The van der Waals surface area contributed by atoms with E-state index in [2.05, 4.69) is 70.4 Å². The topological polar surface area (TPSA) is 17.3 Å². The molecule has 104 valence electrons. The zero-order valence-corrected chi connectivity index (χ0v) is 12.5. The van der Waals surface area contributed by atoms with E-state index >= 15 is 0 Å². The Morgan fingerprint density at radius 2 is 1.64 bits per heavy atom. The first-order chi connectivity index (χ1) is 10.9. The number of fused-ring (bicyclic) bond motifs is 4. The molecule has 0 aliphatic heterocycles. The highest BCUT2D eigenvalue weighted by atomic mass is 32.1. The summed E-state index contributed by atoms with van der Waals surface area (Å²) in [6.07, 6.45) is 0. The van der Waals surface area contributed by atoms with E-state index in [0.717, 1.165) is 10.5 Å². The second-order valence-electron chi connectivity index (χ2n) is 5.37. The van der Waals surface area contributed by atoms with Gasteiger partial charge >= 0.3 is 0 Å². The van der Waals surface area contributed by atoms with Crippen LogP contribution in [0.25, 0.3) is 38.0 Å². The van der Waals surface area contributed by atoms with Crippen molar-refractivity contribution in [2.24, 2.45) is 0 Å². The Balaban J connectivity index is 1.93. The predicted octanol–water partition coefficient (Wildman–Crippen LogP) is 5.37. The summed E-state index contributed by atoms with van der Waals surface area (Å²) in [4.78, 5) is 5.77. The first kappa shape index (κ1) is 12.0. The number of hydrogen-bond acceptors (Lipinski definition) is 2. The van der Waals surface area contributed by atoms with Crippen LogP contribution in [-0.2, 0) is 0 Å². The van der Waals surface area contributed by atoms with Gasteiger partial charge in [-0.3, -0.25) is 4.40 Å². The number of para-hydroxylation sites is 2. The lowest BCUT2D eigenvalue weighted by atomic mass is 10.0. The lowest BCUT2D eigenvalue weighted by molar-refractivity contribution is 1.29. The molecule has 0 saturated carbocycles. The van der Waals surface area contributed by atoms with Crippen LogP contribution in [0.3, 0.4) is 0 Å². The van der Waals surface area contributed by atoms with Crippen molar-refractivity contribution in [3.63, 3.8) is 0 Å². The third kappa shape index (κ3) is 1.57. The maximum Gasteiger partial charge on any atom is 0.195 e. The average molecular weight is 300 g/mol. The Labute approximate surface area is 131 Å². The summed E-state index contributed by atoms with van der Waals surface area (Å²) in [6, 6.07) is 23.3. The minimum absolute atomic E-state index is 1.05. The van der Waals surface area contributed by atoms with Crippen molar-refractivity contribution in [2.75, 3.05) is 0 Å². The highest BCUT2D eigenvalue weighted by Crippen LogP contribution is 2.34. The summed E-state index contributed by atoms with van der Waals surface area (Å²) in [5, 5.41) is 4.75. The predicted molar refractivity (Wildman–Crippen MR) is 93.5 cm³/mol. The molecule has 0 spiro atoms. The molecule has 2 aromatic heterocycles. The summed E-state index contributed by atoms with van der Waals surface area (Å²) < 4.78 is 2.27. The van der Waals surface area contributed by atoms with E-state index in [4.69, 9.17) is 4.98 Å². The van der Waals surface area contributed by atoms with Crippen LogP contribution in [0.1, 0.15) is 0 Å². The molecule has 0 amide bonds. The summed E-state index contributed by atoms with van der Waals surface area (Å²) in [5.41, 5.74) is 4.69. The third-order valence-electron chi connectivity index (χ3n) is 4.11. The highest BCUT2D eigenvalue weighted by molar-refractivity contribution is 7.15. The van der Waals surface area contributed by atoms with Gasteiger partial charge < -0.3 is 0 Å². The highest BCUT2D eigenvalue weighted by Gasteiger charge is 2.13. The fourth-order valence-corrected chi connectivity index (χ4v) is 4.01. The third-order valence-corrected chi connectivity index (χ3v) is 4.94. The Bertz CT molecular complexity index is 1130. The van der Waals surface area contributed by atoms with Crippen molar-refractivity contribution in [1.29, 1.82) is 0 Å². The van der Waals surface area contributed by atoms with Gasteiger partial charge in [-0.05, 0) is 22.9 Å². The smallest absolute Gasteiger partial charge is 0.195 e. The number of aromatic nitrogens is 2. The zero-order chi connectivity index (χ0) is 14.5. The largest absolute Gasteiger partial charge is 0.283 e. The van der Waals surface area contributed by atoms with Crippen LogP contribution in [0, 0.1) is 0 Å². The molecule has 0 atom stereocenters. The first-order valence-electron chi connectivity index (χ1n) is 7.25. The Hall–Kier alpha value is -2.65. The second kappa shape index (κ2) is 4.42. The van der Waals surface area contributed by atoms with Crippen LogP contribution in [0.2, 0.25) is 0 Å². The van der Waals surface area contributed by atoms with Crippen LogP contribution in [-0.4, -0.2) is 9.38 Å². The van der Waals surface area contributed by atoms with E-state index in [1.807, 2.05) is 6.07 Å². The molecule has 5 aromatic rings. The fourth-order valence-electron chi connectivity index (χ4n) is 3.11. The number of hydrogen-bond donors (Lipinski definition) is 0. The SMILES string of the molecule is c1ccc2c(-c3csc4nc5ccccc5n34)cccc2c1. The summed E-state index contributed by atoms with van der Waals surface area (Å²) in [6.45, 7) is 0. The molecule has 0 unspecified atom stereocenters. The summed E-state index contributed by atoms with van der Waals surface area (Å²) in [7, 11) is 0. The van der Waals surface area contributed by atoms with Gasteiger partial charge in [-0.15, -0.1) is 11.3 Å². The van der Waals surface area contributed by atoms with Gasteiger partial charge in [0.25, 0.3) is 0 Å². The van der Waals surface area contributed by atoms with Crippen molar-refractivity contribution >= 4 is 38.1 Å². The van der Waals surface area contributed by atoms with E-state index in [-0.39, 0.29) is 0 Å². The maximum absolute atomic E-state index is 4.72. The first-order valence-corrected chi connectivity index (χ1v) is 8.12. The lowest BCUT2D eigenvalue weighted by Gasteiger charge is -2.06. The van der Waals surface area contributed by atoms with E-state index in [0.29, 0.717) is 0 Å². The minimum Gasteiger partial charge on any atom is -0.283 e. The zero-order valence-electron chi connectivity index (χ0n) is 11.7. The van der Waals surface area contributed by atoms with Crippen molar-refractivity contribution in [3.05, 3.63) is 72.1 Å². The molecular formula is C19H12N2S. The van der Waals surface area contributed by atoms with E-state index in [1.165, 1.54) is 27.5 Å². The van der Waals surface area contributed by atoms with Crippen LogP contribution >= 0.6 is 11.3 Å². The van der Waals surface area contributed by atoms with Crippen molar-refractivity contribution < 1.29 is 0 Å². The molecule has 0 fully saturated rings. The second-order valence-corrected chi connectivity index (χ2v) is 6.20. The molecular weight excluding hydrogens is 288 g/mol. The van der Waals surface area contributed by atoms with Gasteiger partial charge in [0, 0.05) is 10.9 Å². The number of rotatable bonds is 1. The van der Waals surface area contributed by atoms with Gasteiger partial charge in [0.2, 0.25) is 0 Å². The van der Waals surface area contributed by atoms with Gasteiger partial charge in [-0.25, -0.2) is 4.98 Å². The van der Waals surface area contributed by atoms with E-state index < -0.39 is 0 Å². The van der Waals surface area contributed by atoms with Crippen molar-refractivity contribution in [2.45, 2.75) is 0 Å². The van der Waals surface area contributed by atoms with E-state index in [9.17, 15) is 0 Å². The maximum atomic E-state index is 4.72. The van der Waals surface area contributed by atoms with Gasteiger partial charge in [0.1, 0.15) is 0 Å². The minimum atomic E-state index is 1.05. The number of benzene rings is 3. The molecule has 3 heteroatoms. The molecule has 0 aliphatic carbocycles. The molecule has 2 heterocycles. The van der Waals surface area contributed by atoms with Crippen LogP contribution in [0.4, 0.5) is 0 Å². The van der Waals surface area contributed by atoms with Gasteiger partial charge in [0.05, 0.1) is 16.7 Å². The quantitative estimate of drug-likeness (QED) is 0.407. The molecule has 0 bridgehead atoms. The van der Waals surface area contributed by atoms with Crippen molar-refractivity contribution in [3.8, 4) is 11.3 Å². The monoisotopic (exact) mass is 300 g/mol. The van der Waals surface area contributed by atoms with Gasteiger partial charge in [0.15, 0.2) is 4.96 Å². The Morgan fingerprint density at radius 1 is 0.818 bits per heavy atom. The summed E-state index contributed by atoms with van der Waals surface area (Å²) >= 11 is 1.69. The molecule has 0 saturated heterocycles. The van der Waals surface area contributed by atoms with Crippen LogP contribution in [0.15, 0.2) is 72.1 Å². The van der Waals surface area contributed by atoms with Crippen LogP contribution in [0.5, 0.6) is 0 Å². The van der Waals surface area contributed by atoms with Gasteiger partial charge in [-0.2, -0.15) is 0 Å². The number of imidazole rings is 1. The average Bonchev–Trinajstić information content (AvgIpc) is 3.13. The molecule has 0 aliphatic rings. The van der Waals surface area contributed by atoms with E-state index in [1.54, 1.807) is 11.3 Å². The standard InChI is InChI=1S/C19H12N2S/c1-2-8-14-13(6-1)7-5-9-15(14)18-12-22-19-20-16-10-3-4-11-17(16)21(18)19/h1-12H. The molecule has 2 nitrogen and oxygen atoms in total. The Kier molecular flexibility index (Phi) is 2.40. The molecule has 0 radical (unpaired) electrons. The molecule has 3 aromatic carbocycles. The van der Waals surface area contributed by atoms with Gasteiger partial charge in [-0.1, -0.05) is 54.6 Å². The lowest BCUT2D eigenvalue weighted by Crippen LogP contribution is -1.87. The number of thiazole rings is 1. The normalized spacial score (nSPS) is 11.6. The van der Waals surface area contributed by atoms with Crippen LogP contribution < -0.4 is 0 Å². The number of nitrogens with zero attached hydrogens (tertiary/aromatic N) is 2. The Morgan fingerprint density at radius 3 is 2.64 bits per heavy atom. The van der Waals surface area contributed by atoms with Crippen molar-refractivity contribution in [1.82, 2.24) is 9.38 Å². The fraction of sp³-hybridized carbons (Fsp3) is 0.